The SMILES string of the molecule is CC(=O)OC1CC(NC(=O)[C@H](CC2CCCC2)NC(=O)c2ccc(CNc3cc(Cl)cnc3C)s2)C1. The molecule has 10 heteroatoms. The molecule has 0 aliphatic heterocycles. The summed E-state index contributed by atoms with van der Waals surface area (Å²) in [5.41, 5.74) is 1.70. The summed E-state index contributed by atoms with van der Waals surface area (Å²) in [5, 5.41) is 9.90. The highest BCUT2D eigenvalue weighted by Crippen LogP contribution is 2.30. The van der Waals surface area contributed by atoms with E-state index in [-0.39, 0.29) is 29.9 Å². The van der Waals surface area contributed by atoms with Gasteiger partial charge in [0, 0.05) is 43.4 Å². The van der Waals surface area contributed by atoms with Gasteiger partial charge in [-0.15, -0.1) is 11.3 Å². The van der Waals surface area contributed by atoms with E-state index in [0.717, 1.165) is 29.1 Å². The van der Waals surface area contributed by atoms with Crippen LogP contribution in [0.2, 0.25) is 5.02 Å². The molecule has 8 nitrogen and oxygen atoms in total. The summed E-state index contributed by atoms with van der Waals surface area (Å²) in [6.07, 6.45) is 7.84. The Bertz CT molecular complexity index is 1100. The summed E-state index contributed by atoms with van der Waals surface area (Å²) in [6, 6.07) is 4.91. The molecule has 0 saturated heterocycles. The molecule has 2 aliphatic carbocycles. The van der Waals surface area contributed by atoms with Gasteiger partial charge in [-0.25, -0.2) is 0 Å². The number of pyridine rings is 1. The van der Waals surface area contributed by atoms with Gasteiger partial charge in [0.2, 0.25) is 5.91 Å². The largest absolute Gasteiger partial charge is 0.462 e. The van der Waals surface area contributed by atoms with E-state index in [0.29, 0.717) is 41.6 Å². The van der Waals surface area contributed by atoms with Gasteiger partial charge < -0.3 is 20.7 Å². The average Bonchev–Trinajstić information content (AvgIpc) is 3.49. The molecule has 0 unspecified atom stereocenters. The van der Waals surface area contributed by atoms with Crippen LogP contribution in [0.15, 0.2) is 24.4 Å². The van der Waals surface area contributed by atoms with Gasteiger partial charge in [-0.3, -0.25) is 19.4 Å². The van der Waals surface area contributed by atoms with E-state index in [1.54, 1.807) is 12.3 Å². The lowest BCUT2D eigenvalue weighted by atomic mass is 9.88. The maximum Gasteiger partial charge on any atom is 0.302 e. The number of nitrogens with zero attached hydrogens (tertiary/aromatic N) is 1. The van der Waals surface area contributed by atoms with E-state index in [2.05, 4.69) is 20.9 Å². The number of nitrogens with one attached hydrogen (secondary N) is 3. The summed E-state index contributed by atoms with van der Waals surface area (Å²) in [7, 11) is 0. The number of hydrogen-bond donors (Lipinski definition) is 3. The number of aryl methyl sites for hydroxylation is 1. The summed E-state index contributed by atoms with van der Waals surface area (Å²) < 4.78 is 5.18. The molecular weight excluding hydrogens is 500 g/mol. The van der Waals surface area contributed by atoms with Crippen LogP contribution >= 0.6 is 22.9 Å². The van der Waals surface area contributed by atoms with E-state index in [9.17, 15) is 14.4 Å². The monoisotopic (exact) mass is 532 g/mol. The standard InChI is InChI=1S/C26H33ClN4O4S/c1-15-22(10-18(27)13-28-15)29-14-21-7-8-24(36-21)26(34)31-23(9-17-5-3-4-6-17)25(33)30-19-11-20(12-19)35-16(2)32/h7-8,10,13,17,19-20,23,29H,3-6,9,11-12,14H2,1-2H3,(H,30,33)(H,31,34)/t19?,20?,23-/m0/s1. The summed E-state index contributed by atoms with van der Waals surface area (Å²) >= 11 is 7.44. The van der Waals surface area contributed by atoms with Crippen molar-refractivity contribution in [2.45, 2.75) is 83.5 Å². The summed E-state index contributed by atoms with van der Waals surface area (Å²) in [6.45, 7) is 3.83. The first kappa shape index (κ1) is 26.4. The number of ether oxygens (including phenoxy) is 1. The molecule has 1 atom stereocenters. The molecule has 36 heavy (non-hydrogen) atoms. The Morgan fingerprint density at radius 2 is 1.97 bits per heavy atom. The minimum absolute atomic E-state index is 0.0336. The van der Waals surface area contributed by atoms with E-state index in [1.807, 2.05) is 19.1 Å². The van der Waals surface area contributed by atoms with E-state index in [1.165, 1.54) is 31.1 Å². The van der Waals surface area contributed by atoms with Crippen molar-refractivity contribution in [3.8, 4) is 0 Å². The van der Waals surface area contributed by atoms with Gasteiger partial charge in [-0.1, -0.05) is 37.3 Å². The molecule has 2 aromatic heterocycles. The lowest BCUT2D eigenvalue weighted by Crippen LogP contribution is -2.54. The summed E-state index contributed by atoms with van der Waals surface area (Å²) in [4.78, 5) is 43.1. The van der Waals surface area contributed by atoms with Crippen LogP contribution in [0.4, 0.5) is 5.69 Å². The highest BCUT2D eigenvalue weighted by atomic mass is 35.5. The zero-order chi connectivity index (χ0) is 25.7. The van der Waals surface area contributed by atoms with E-state index < -0.39 is 6.04 Å². The van der Waals surface area contributed by atoms with Crippen molar-refractivity contribution in [3.63, 3.8) is 0 Å². The number of halogens is 1. The van der Waals surface area contributed by atoms with Gasteiger partial charge in [0.25, 0.3) is 5.91 Å². The molecule has 2 aliphatic rings. The first-order valence-electron chi connectivity index (χ1n) is 12.5. The highest BCUT2D eigenvalue weighted by Gasteiger charge is 2.35. The van der Waals surface area contributed by atoms with Crippen LogP contribution in [-0.2, 0) is 20.9 Å². The second kappa shape index (κ2) is 12.1. The molecule has 4 rings (SSSR count). The Morgan fingerprint density at radius 3 is 2.69 bits per heavy atom. The minimum Gasteiger partial charge on any atom is -0.462 e. The van der Waals surface area contributed by atoms with Gasteiger partial charge in [0.05, 0.1) is 21.3 Å². The number of rotatable bonds is 10. The fraction of sp³-hybridized carbons (Fsp3) is 0.538. The Kier molecular flexibility index (Phi) is 8.85. The molecule has 0 spiro atoms. The molecule has 2 heterocycles. The fourth-order valence-corrected chi connectivity index (χ4v) is 5.83. The fourth-order valence-electron chi connectivity index (χ4n) is 4.82. The Hall–Kier alpha value is -2.65. The number of amides is 2. The third-order valence-corrected chi connectivity index (χ3v) is 8.12. The number of thiophene rings is 1. The third-order valence-electron chi connectivity index (χ3n) is 6.83. The molecule has 3 N–H and O–H groups in total. The number of hydrogen-bond acceptors (Lipinski definition) is 7. The number of aromatic nitrogens is 1. The zero-order valence-electron chi connectivity index (χ0n) is 20.6. The smallest absolute Gasteiger partial charge is 0.302 e. The van der Waals surface area contributed by atoms with Crippen molar-refractivity contribution in [1.82, 2.24) is 15.6 Å². The van der Waals surface area contributed by atoms with Crippen LogP contribution in [0.3, 0.4) is 0 Å². The Balaban J connectivity index is 1.33. The Morgan fingerprint density at radius 1 is 1.22 bits per heavy atom. The van der Waals surface area contributed by atoms with E-state index >= 15 is 0 Å². The number of esters is 1. The highest BCUT2D eigenvalue weighted by molar-refractivity contribution is 7.14. The van der Waals surface area contributed by atoms with Crippen LogP contribution in [0.25, 0.3) is 0 Å². The molecule has 0 bridgehead atoms. The molecule has 2 saturated carbocycles. The maximum absolute atomic E-state index is 13.1. The van der Waals surface area contributed by atoms with Gasteiger partial charge in [-0.2, -0.15) is 0 Å². The van der Waals surface area contributed by atoms with Crippen molar-refractivity contribution < 1.29 is 19.1 Å². The normalized spacial score (nSPS) is 20.3. The predicted octanol–water partition coefficient (Wildman–Crippen LogP) is 4.61. The van der Waals surface area contributed by atoms with Crippen molar-refractivity contribution in [3.05, 3.63) is 44.9 Å². The predicted molar refractivity (Wildman–Crippen MR) is 140 cm³/mol. The third kappa shape index (κ3) is 7.20. The molecule has 2 amide bonds. The molecule has 2 aromatic rings. The zero-order valence-corrected chi connectivity index (χ0v) is 22.2. The van der Waals surface area contributed by atoms with Gasteiger partial charge >= 0.3 is 5.97 Å². The van der Waals surface area contributed by atoms with Gasteiger partial charge in [-0.05, 0) is 37.5 Å². The molecule has 0 radical (unpaired) electrons. The average molecular weight is 533 g/mol. The first-order chi connectivity index (χ1) is 17.3. The Labute approximate surface area is 220 Å². The van der Waals surface area contributed by atoms with Crippen LogP contribution in [0.1, 0.15) is 72.1 Å². The van der Waals surface area contributed by atoms with Gasteiger partial charge in [0.15, 0.2) is 0 Å². The second-order valence-corrected chi connectivity index (χ2v) is 11.3. The number of anilines is 1. The van der Waals surface area contributed by atoms with Crippen molar-refractivity contribution in [1.29, 1.82) is 0 Å². The number of carbonyl (C=O) groups is 3. The van der Waals surface area contributed by atoms with Crippen LogP contribution in [-0.4, -0.2) is 41.0 Å². The molecule has 2 fully saturated rings. The summed E-state index contributed by atoms with van der Waals surface area (Å²) in [5.74, 6) is -0.268. The maximum atomic E-state index is 13.1. The number of carbonyl (C=O) groups excluding carboxylic acids is 3. The van der Waals surface area contributed by atoms with Crippen LogP contribution < -0.4 is 16.0 Å². The minimum atomic E-state index is -0.586. The van der Waals surface area contributed by atoms with Crippen LogP contribution in [0.5, 0.6) is 0 Å². The van der Waals surface area contributed by atoms with E-state index in [4.69, 9.17) is 16.3 Å². The molecule has 194 valence electrons. The van der Waals surface area contributed by atoms with Crippen molar-refractivity contribution >= 4 is 46.4 Å². The van der Waals surface area contributed by atoms with Crippen molar-refractivity contribution in [2.24, 2.45) is 5.92 Å². The quantitative estimate of drug-likeness (QED) is 0.386. The lowest BCUT2D eigenvalue weighted by Gasteiger charge is -2.36. The molecular formula is C26H33ClN4O4S. The van der Waals surface area contributed by atoms with Crippen molar-refractivity contribution in [2.75, 3.05) is 5.32 Å². The van der Waals surface area contributed by atoms with Crippen LogP contribution in [0, 0.1) is 12.8 Å². The lowest BCUT2D eigenvalue weighted by molar-refractivity contribution is -0.151. The molecule has 0 aromatic carbocycles. The van der Waals surface area contributed by atoms with Gasteiger partial charge in [0.1, 0.15) is 12.1 Å². The topological polar surface area (TPSA) is 109 Å². The first-order valence-corrected chi connectivity index (χ1v) is 13.7. The second-order valence-electron chi connectivity index (χ2n) is 9.73.